The molecule has 0 fully saturated rings. The average Bonchev–Trinajstić information content (AvgIpc) is 2.94. The Kier molecular flexibility index (Phi) is 3.24. The lowest BCUT2D eigenvalue weighted by atomic mass is 10.2. The predicted molar refractivity (Wildman–Crippen MR) is 83.2 cm³/mol. The molecule has 0 amide bonds. The molecule has 3 rings (SSSR count). The van der Waals surface area contributed by atoms with E-state index in [1.807, 2.05) is 12.1 Å². The first-order valence-corrected chi connectivity index (χ1v) is 7.79. The summed E-state index contributed by atoms with van der Waals surface area (Å²) in [7, 11) is 0. The molecule has 19 heavy (non-hydrogen) atoms. The van der Waals surface area contributed by atoms with Crippen molar-refractivity contribution in [3.05, 3.63) is 39.8 Å². The molecule has 0 saturated carbocycles. The third-order valence-electron chi connectivity index (χ3n) is 3.06. The number of nitrogens with one attached hydrogen (secondary N) is 1. The Labute approximate surface area is 120 Å². The molecule has 2 aromatic heterocycles. The molecular weight excluding hydrogens is 274 g/mol. The van der Waals surface area contributed by atoms with Crippen molar-refractivity contribution >= 4 is 38.8 Å². The first-order valence-electron chi connectivity index (χ1n) is 6.20. The number of benzene rings is 1. The monoisotopic (exact) mass is 289 g/mol. The van der Waals surface area contributed by atoms with E-state index in [9.17, 15) is 0 Å². The number of hydrogen-bond acceptors (Lipinski definition) is 5. The Bertz CT molecular complexity index is 714. The van der Waals surface area contributed by atoms with Gasteiger partial charge in [-0.2, -0.15) is 4.37 Å². The van der Waals surface area contributed by atoms with Crippen LogP contribution in [0.3, 0.4) is 0 Å². The van der Waals surface area contributed by atoms with Gasteiger partial charge in [0.25, 0.3) is 0 Å². The molecule has 0 saturated heterocycles. The Morgan fingerprint density at radius 3 is 2.74 bits per heavy atom. The first-order chi connectivity index (χ1) is 9.15. The summed E-state index contributed by atoms with van der Waals surface area (Å²) in [6.45, 7) is 6.30. The highest BCUT2D eigenvalue weighted by Crippen LogP contribution is 2.33. The predicted octanol–water partition coefficient (Wildman–Crippen LogP) is 4.54. The Morgan fingerprint density at radius 1 is 1.21 bits per heavy atom. The van der Waals surface area contributed by atoms with Gasteiger partial charge in [-0.25, -0.2) is 4.98 Å². The fourth-order valence-corrected chi connectivity index (χ4v) is 3.98. The molecule has 1 aromatic carbocycles. The molecule has 0 radical (unpaired) electrons. The van der Waals surface area contributed by atoms with Crippen molar-refractivity contribution in [3.63, 3.8) is 0 Å². The number of anilines is 1. The summed E-state index contributed by atoms with van der Waals surface area (Å²) in [5.41, 5.74) is 2.18. The van der Waals surface area contributed by atoms with E-state index in [1.165, 1.54) is 21.8 Å². The summed E-state index contributed by atoms with van der Waals surface area (Å²) in [4.78, 5) is 5.79. The van der Waals surface area contributed by atoms with E-state index in [0.29, 0.717) is 0 Å². The van der Waals surface area contributed by atoms with Crippen LogP contribution in [0.25, 0.3) is 10.9 Å². The summed E-state index contributed by atoms with van der Waals surface area (Å²) >= 11 is 3.28. The number of hydrogen-bond donors (Lipinski definition) is 1. The van der Waals surface area contributed by atoms with Gasteiger partial charge in [0.15, 0.2) is 0 Å². The van der Waals surface area contributed by atoms with Crippen LogP contribution in [0.2, 0.25) is 0 Å². The van der Waals surface area contributed by atoms with Crippen molar-refractivity contribution in [1.29, 1.82) is 0 Å². The van der Waals surface area contributed by atoms with Crippen molar-refractivity contribution < 1.29 is 0 Å². The second-order valence-electron chi connectivity index (χ2n) is 4.58. The topological polar surface area (TPSA) is 37.8 Å². The Balaban J connectivity index is 1.91. The van der Waals surface area contributed by atoms with Crippen LogP contribution in [0, 0.1) is 13.8 Å². The van der Waals surface area contributed by atoms with E-state index in [2.05, 4.69) is 47.6 Å². The van der Waals surface area contributed by atoms with Gasteiger partial charge in [0.1, 0.15) is 5.00 Å². The number of thiazole rings is 1. The standard InChI is InChI=1S/C14H15N3S2/c1-8-13(18-10(3)15-8)9(2)16-14-11-6-4-5-7-12(11)17-19-14/h4-7,9,16H,1-3H3. The van der Waals surface area contributed by atoms with Gasteiger partial charge in [0, 0.05) is 10.3 Å². The Hall–Kier alpha value is -1.46. The summed E-state index contributed by atoms with van der Waals surface area (Å²) in [5, 5.41) is 7.01. The van der Waals surface area contributed by atoms with Gasteiger partial charge in [-0.1, -0.05) is 12.1 Å². The molecule has 2 heterocycles. The van der Waals surface area contributed by atoms with Gasteiger partial charge < -0.3 is 5.32 Å². The van der Waals surface area contributed by atoms with Gasteiger partial charge in [0.05, 0.1) is 22.3 Å². The van der Waals surface area contributed by atoms with Crippen LogP contribution >= 0.6 is 22.9 Å². The maximum Gasteiger partial charge on any atom is 0.117 e. The molecule has 1 atom stereocenters. The molecule has 3 aromatic rings. The molecule has 0 aliphatic carbocycles. The smallest absolute Gasteiger partial charge is 0.117 e. The fraction of sp³-hybridized carbons (Fsp3) is 0.286. The van der Waals surface area contributed by atoms with Crippen LogP contribution in [0.4, 0.5) is 5.00 Å². The van der Waals surface area contributed by atoms with E-state index in [-0.39, 0.29) is 6.04 Å². The molecule has 1 N–H and O–H groups in total. The lowest BCUT2D eigenvalue weighted by molar-refractivity contribution is 0.896. The maximum absolute atomic E-state index is 4.49. The third-order valence-corrected chi connectivity index (χ3v) is 5.13. The van der Waals surface area contributed by atoms with Crippen LogP contribution in [0.5, 0.6) is 0 Å². The van der Waals surface area contributed by atoms with Crippen molar-refractivity contribution in [3.8, 4) is 0 Å². The molecule has 0 aliphatic rings. The van der Waals surface area contributed by atoms with Crippen molar-refractivity contribution in [1.82, 2.24) is 9.36 Å². The van der Waals surface area contributed by atoms with E-state index < -0.39 is 0 Å². The molecule has 5 heteroatoms. The SMILES string of the molecule is Cc1nc(C)c(C(C)Nc2snc3ccccc23)s1. The quantitative estimate of drug-likeness (QED) is 0.769. The molecule has 0 spiro atoms. The number of nitrogens with zero attached hydrogens (tertiary/aromatic N) is 2. The average molecular weight is 289 g/mol. The number of aryl methyl sites for hydroxylation is 2. The van der Waals surface area contributed by atoms with Gasteiger partial charge in [-0.15, -0.1) is 11.3 Å². The molecule has 0 bridgehead atoms. The van der Waals surface area contributed by atoms with Gasteiger partial charge in [-0.3, -0.25) is 0 Å². The molecule has 3 nitrogen and oxygen atoms in total. The number of fused-ring (bicyclic) bond motifs is 1. The first kappa shape index (κ1) is 12.6. The fourth-order valence-electron chi connectivity index (χ4n) is 2.20. The second kappa shape index (κ2) is 4.90. The van der Waals surface area contributed by atoms with Crippen LogP contribution in [0.15, 0.2) is 24.3 Å². The van der Waals surface area contributed by atoms with Crippen LogP contribution in [-0.2, 0) is 0 Å². The van der Waals surface area contributed by atoms with Crippen molar-refractivity contribution in [2.45, 2.75) is 26.8 Å². The van der Waals surface area contributed by atoms with E-state index in [1.54, 1.807) is 11.3 Å². The number of rotatable bonds is 3. The Morgan fingerprint density at radius 2 is 2.00 bits per heavy atom. The van der Waals surface area contributed by atoms with Crippen molar-refractivity contribution in [2.75, 3.05) is 5.32 Å². The number of aromatic nitrogens is 2. The molecular formula is C14H15N3S2. The largest absolute Gasteiger partial charge is 0.368 e. The normalized spacial score (nSPS) is 12.8. The van der Waals surface area contributed by atoms with Gasteiger partial charge in [0.2, 0.25) is 0 Å². The third kappa shape index (κ3) is 2.35. The van der Waals surface area contributed by atoms with E-state index in [4.69, 9.17) is 0 Å². The molecule has 98 valence electrons. The van der Waals surface area contributed by atoms with Crippen LogP contribution in [-0.4, -0.2) is 9.36 Å². The highest BCUT2D eigenvalue weighted by molar-refractivity contribution is 7.12. The summed E-state index contributed by atoms with van der Waals surface area (Å²) in [6, 6.07) is 8.48. The highest BCUT2D eigenvalue weighted by Gasteiger charge is 2.15. The van der Waals surface area contributed by atoms with Crippen LogP contribution in [0.1, 0.15) is 28.5 Å². The van der Waals surface area contributed by atoms with E-state index in [0.717, 1.165) is 21.2 Å². The molecule has 0 aliphatic heterocycles. The van der Waals surface area contributed by atoms with Crippen molar-refractivity contribution in [2.24, 2.45) is 0 Å². The summed E-state index contributed by atoms with van der Waals surface area (Å²) in [5.74, 6) is 0. The highest BCUT2D eigenvalue weighted by atomic mass is 32.1. The van der Waals surface area contributed by atoms with Gasteiger partial charge >= 0.3 is 0 Å². The minimum Gasteiger partial charge on any atom is -0.368 e. The zero-order chi connectivity index (χ0) is 13.4. The molecule has 1 unspecified atom stereocenters. The zero-order valence-electron chi connectivity index (χ0n) is 11.1. The van der Waals surface area contributed by atoms with Gasteiger partial charge in [-0.05, 0) is 44.4 Å². The lowest BCUT2D eigenvalue weighted by Crippen LogP contribution is -2.05. The van der Waals surface area contributed by atoms with Crippen LogP contribution < -0.4 is 5.32 Å². The summed E-state index contributed by atoms with van der Waals surface area (Å²) in [6.07, 6.45) is 0. The summed E-state index contributed by atoms with van der Waals surface area (Å²) < 4.78 is 4.46. The maximum atomic E-state index is 4.49. The zero-order valence-corrected chi connectivity index (χ0v) is 12.7. The second-order valence-corrected chi connectivity index (χ2v) is 6.59. The lowest BCUT2D eigenvalue weighted by Gasteiger charge is -2.12. The minimum absolute atomic E-state index is 0.259. The van der Waals surface area contributed by atoms with E-state index >= 15 is 0 Å². The minimum atomic E-state index is 0.259.